The minimum atomic E-state index is -0.747. The number of carboxylic acids is 1. The van der Waals surface area contributed by atoms with Crippen molar-refractivity contribution in [3.05, 3.63) is 64.7 Å². The molecule has 2 aromatic rings. The number of methoxy groups -OCH3 is 1. The molecule has 1 saturated heterocycles. The van der Waals surface area contributed by atoms with E-state index in [1.807, 2.05) is 24.3 Å². The Hall–Kier alpha value is -2.33. The van der Waals surface area contributed by atoms with Crippen molar-refractivity contribution in [2.45, 2.75) is 38.8 Å². The Morgan fingerprint density at radius 2 is 1.96 bits per heavy atom. The molecule has 4 nitrogen and oxygen atoms in total. The maximum atomic E-state index is 11.8. The van der Waals surface area contributed by atoms with Crippen molar-refractivity contribution >= 4 is 5.97 Å². The Morgan fingerprint density at radius 1 is 1.20 bits per heavy atom. The molecule has 132 valence electrons. The van der Waals surface area contributed by atoms with Crippen LogP contribution in [0.25, 0.3) is 0 Å². The number of aliphatic carboxylic acids is 1. The van der Waals surface area contributed by atoms with Crippen molar-refractivity contribution in [3.63, 3.8) is 0 Å². The summed E-state index contributed by atoms with van der Waals surface area (Å²) >= 11 is 0. The molecule has 0 bridgehead atoms. The zero-order valence-electron chi connectivity index (χ0n) is 15.0. The molecule has 25 heavy (non-hydrogen) atoms. The Bertz CT molecular complexity index is 771. The lowest BCUT2D eigenvalue weighted by Crippen LogP contribution is -2.39. The van der Waals surface area contributed by atoms with Gasteiger partial charge >= 0.3 is 5.97 Å². The molecule has 0 aliphatic carbocycles. The standard InChI is InChI=1S/C21H25NO3/c1-14-10-11-15(2)17(13-14)20(16-7-4-5-9-19(16)25-3)22-12-6-8-18(22)21(23)24/h4-5,7,9-11,13,18,20H,6,8,12H2,1-3H3,(H,23,24). The lowest BCUT2D eigenvalue weighted by atomic mass is 9.91. The Morgan fingerprint density at radius 3 is 2.68 bits per heavy atom. The Balaban J connectivity index is 2.18. The highest BCUT2D eigenvalue weighted by molar-refractivity contribution is 5.74. The number of rotatable bonds is 5. The number of hydrogen-bond acceptors (Lipinski definition) is 3. The van der Waals surface area contributed by atoms with E-state index in [0.717, 1.165) is 35.4 Å². The maximum Gasteiger partial charge on any atom is 0.320 e. The fourth-order valence-electron chi connectivity index (χ4n) is 3.83. The van der Waals surface area contributed by atoms with Gasteiger partial charge in [0, 0.05) is 12.1 Å². The number of benzene rings is 2. The zero-order chi connectivity index (χ0) is 18.0. The predicted octanol–water partition coefficient (Wildman–Crippen LogP) is 3.95. The fourth-order valence-corrected chi connectivity index (χ4v) is 3.83. The number of carbonyl (C=O) groups is 1. The first-order chi connectivity index (χ1) is 12.0. The van der Waals surface area contributed by atoms with Gasteiger partial charge < -0.3 is 9.84 Å². The van der Waals surface area contributed by atoms with Crippen molar-refractivity contribution in [1.29, 1.82) is 0 Å². The van der Waals surface area contributed by atoms with Crippen LogP contribution >= 0.6 is 0 Å². The van der Waals surface area contributed by atoms with E-state index in [2.05, 4.69) is 36.9 Å². The van der Waals surface area contributed by atoms with Gasteiger partial charge in [-0.05, 0) is 43.9 Å². The molecule has 0 radical (unpaired) electrons. The van der Waals surface area contributed by atoms with E-state index in [-0.39, 0.29) is 6.04 Å². The van der Waals surface area contributed by atoms with Gasteiger partial charge in [0.25, 0.3) is 0 Å². The highest BCUT2D eigenvalue weighted by atomic mass is 16.5. The molecular weight excluding hydrogens is 314 g/mol. The van der Waals surface area contributed by atoms with E-state index >= 15 is 0 Å². The molecule has 0 saturated carbocycles. The Kier molecular flexibility index (Phi) is 5.09. The number of ether oxygens (including phenoxy) is 1. The summed E-state index contributed by atoms with van der Waals surface area (Å²) in [6.07, 6.45) is 1.58. The van der Waals surface area contributed by atoms with Crippen molar-refractivity contribution in [3.8, 4) is 5.75 Å². The first-order valence-corrected chi connectivity index (χ1v) is 8.71. The summed E-state index contributed by atoms with van der Waals surface area (Å²) < 4.78 is 5.60. The van der Waals surface area contributed by atoms with Crippen LogP contribution in [0.2, 0.25) is 0 Å². The van der Waals surface area contributed by atoms with Crippen LogP contribution in [0.5, 0.6) is 5.75 Å². The van der Waals surface area contributed by atoms with Crippen molar-refractivity contribution in [2.24, 2.45) is 0 Å². The van der Waals surface area contributed by atoms with Gasteiger partial charge in [-0.1, -0.05) is 42.0 Å². The highest BCUT2D eigenvalue weighted by Crippen LogP contribution is 2.40. The van der Waals surface area contributed by atoms with Crippen LogP contribution in [0.4, 0.5) is 0 Å². The van der Waals surface area contributed by atoms with E-state index in [1.54, 1.807) is 7.11 Å². The molecule has 1 aliphatic rings. The van der Waals surface area contributed by atoms with Crippen LogP contribution in [0.1, 0.15) is 41.1 Å². The Labute approximate surface area is 149 Å². The van der Waals surface area contributed by atoms with E-state index in [0.29, 0.717) is 6.42 Å². The van der Waals surface area contributed by atoms with Crippen LogP contribution in [-0.4, -0.2) is 35.7 Å². The fraction of sp³-hybridized carbons (Fsp3) is 0.381. The van der Waals surface area contributed by atoms with Crippen molar-refractivity contribution in [1.82, 2.24) is 4.90 Å². The van der Waals surface area contributed by atoms with E-state index < -0.39 is 12.0 Å². The van der Waals surface area contributed by atoms with Gasteiger partial charge in [0.2, 0.25) is 0 Å². The summed E-state index contributed by atoms with van der Waals surface area (Å²) in [7, 11) is 1.66. The van der Waals surface area contributed by atoms with Crippen LogP contribution in [0.15, 0.2) is 42.5 Å². The summed E-state index contributed by atoms with van der Waals surface area (Å²) in [6, 6.07) is 13.7. The number of aryl methyl sites for hydroxylation is 2. The number of carboxylic acid groups (broad SMARTS) is 1. The zero-order valence-corrected chi connectivity index (χ0v) is 15.0. The lowest BCUT2D eigenvalue weighted by Gasteiger charge is -2.34. The quantitative estimate of drug-likeness (QED) is 0.896. The van der Waals surface area contributed by atoms with Gasteiger partial charge in [0.1, 0.15) is 11.8 Å². The summed E-state index contributed by atoms with van der Waals surface area (Å²) in [6.45, 7) is 4.93. The number of likely N-dealkylation sites (tertiary alicyclic amines) is 1. The smallest absolute Gasteiger partial charge is 0.320 e. The second-order valence-corrected chi connectivity index (χ2v) is 6.74. The van der Waals surface area contributed by atoms with Gasteiger partial charge in [0.15, 0.2) is 0 Å². The topological polar surface area (TPSA) is 49.8 Å². The van der Waals surface area contributed by atoms with Crippen LogP contribution in [0.3, 0.4) is 0 Å². The summed E-state index contributed by atoms with van der Waals surface area (Å²) in [5, 5.41) is 9.70. The first kappa shape index (κ1) is 17.5. The lowest BCUT2D eigenvalue weighted by molar-refractivity contribution is -0.142. The van der Waals surface area contributed by atoms with Gasteiger partial charge in [-0.2, -0.15) is 0 Å². The molecule has 2 unspecified atom stereocenters. The van der Waals surface area contributed by atoms with Gasteiger partial charge in [-0.15, -0.1) is 0 Å². The number of hydrogen-bond donors (Lipinski definition) is 1. The third kappa shape index (κ3) is 3.40. The third-order valence-electron chi connectivity index (χ3n) is 5.07. The first-order valence-electron chi connectivity index (χ1n) is 8.71. The largest absolute Gasteiger partial charge is 0.496 e. The molecule has 4 heteroatoms. The van der Waals surface area contributed by atoms with Gasteiger partial charge in [-0.25, -0.2) is 0 Å². The van der Waals surface area contributed by atoms with Crippen LogP contribution < -0.4 is 4.74 Å². The number of nitrogens with zero attached hydrogens (tertiary/aromatic N) is 1. The molecule has 1 aliphatic heterocycles. The van der Waals surface area contributed by atoms with Crippen LogP contribution in [0, 0.1) is 13.8 Å². The second kappa shape index (κ2) is 7.28. The normalized spacial score (nSPS) is 18.9. The van der Waals surface area contributed by atoms with E-state index in [1.165, 1.54) is 5.56 Å². The molecule has 1 N–H and O–H groups in total. The number of para-hydroxylation sites is 1. The molecule has 0 spiro atoms. The van der Waals surface area contributed by atoms with Gasteiger partial charge in [-0.3, -0.25) is 9.69 Å². The summed E-state index contributed by atoms with van der Waals surface area (Å²) in [5.41, 5.74) is 4.51. The highest BCUT2D eigenvalue weighted by Gasteiger charge is 2.38. The average Bonchev–Trinajstić information content (AvgIpc) is 3.08. The van der Waals surface area contributed by atoms with Crippen molar-refractivity contribution in [2.75, 3.05) is 13.7 Å². The monoisotopic (exact) mass is 339 g/mol. The molecule has 1 heterocycles. The second-order valence-electron chi connectivity index (χ2n) is 6.74. The predicted molar refractivity (Wildman–Crippen MR) is 98.1 cm³/mol. The van der Waals surface area contributed by atoms with E-state index in [9.17, 15) is 9.90 Å². The van der Waals surface area contributed by atoms with E-state index in [4.69, 9.17) is 4.74 Å². The van der Waals surface area contributed by atoms with Crippen LogP contribution in [-0.2, 0) is 4.79 Å². The minimum absolute atomic E-state index is 0.125. The molecule has 0 aromatic heterocycles. The average molecular weight is 339 g/mol. The summed E-state index contributed by atoms with van der Waals surface area (Å²) in [5.74, 6) is 0.0483. The van der Waals surface area contributed by atoms with Crippen molar-refractivity contribution < 1.29 is 14.6 Å². The molecule has 3 rings (SSSR count). The molecule has 0 amide bonds. The summed E-state index contributed by atoms with van der Waals surface area (Å²) in [4.78, 5) is 13.9. The van der Waals surface area contributed by atoms with Gasteiger partial charge in [0.05, 0.1) is 13.2 Å². The molecular formula is C21H25NO3. The third-order valence-corrected chi connectivity index (χ3v) is 5.07. The SMILES string of the molecule is COc1ccccc1C(c1cc(C)ccc1C)N1CCCC1C(=O)O. The molecule has 2 aromatic carbocycles. The maximum absolute atomic E-state index is 11.8. The molecule has 2 atom stereocenters. The molecule has 1 fully saturated rings. The minimum Gasteiger partial charge on any atom is -0.496 e.